The van der Waals surface area contributed by atoms with E-state index in [1.807, 2.05) is 0 Å². The molecule has 1 aliphatic rings. The molecule has 2 aromatic carbocycles. The molecule has 0 bridgehead atoms. The standard InChI is InChI=1S/C21H18F4N4O/c22-17-7-2-1-4-14(17)12-26-19-11-18(28-20(29-19)27-15-8-9-15)13-5-3-6-16(10-13)30-21(23,24)25/h1-7,10-11,15H,8-9,12H2,(H2,26,27,28,29). The lowest BCUT2D eigenvalue weighted by Gasteiger charge is -2.13. The zero-order chi connectivity index (χ0) is 21.1. The maximum atomic E-state index is 13.9. The fourth-order valence-electron chi connectivity index (χ4n) is 2.84. The summed E-state index contributed by atoms with van der Waals surface area (Å²) in [5.41, 5.74) is 1.32. The molecule has 2 N–H and O–H groups in total. The average Bonchev–Trinajstić information content (AvgIpc) is 3.50. The highest BCUT2D eigenvalue weighted by atomic mass is 19.4. The van der Waals surface area contributed by atoms with Gasteiger partial charge in [-0.2, -0.15) is 4.98 Å². The Balaban J connectivity index is 1.61. The molecule has 30 heavy (non-hydrogen) atoms. The second-order valence-corrected chi connectivity index (χ2v) is 6.90. The topological polar surface area (TPSA) is 59.1 Å². The van der Waals surface area contributed by atoms with E-state index in [0.29, 0.717) is 28.6 Å². The van der Waals surface area contributed by atoms with Crippen LogP contribution < -0.4 is 15.4 Å². The van der Waals surface area contributed by atoms with Crippen molar-refractivity contribution in [3.05, 3.63) is 66.0 Å². The molecule has 1 aromatic heterocycles. The van der Waals surface area contributed by atoms with Gasteiger partial charge in [0.05, 0.1) is 5.69 Å². The number of nitrogens with zero attached hydrogens (tertiary/aromatic N) is 2. The second-order valence-electron chi connectivity index (χ2n) is 6.90. The largest absolute Gasteiger partial charge is 0.573 e. The van der Waals surface area contributed by atoms with Gasteiger partial charge in [-0.05, 0) is 31.0 Å². The Morgan fingerprint density at radius 2 is 1.80 bits per heavy atom. The quantitative estimate of drug-likeness (QED) is 0.506. The minimum Gasteiger partial charge on any atom is -0.406 e. The molecule has 5 nitrogen and oxygen atoms in total. The van der Waals surface area contributed by atoms with Crippen LogP contribution >= 0.6 is 0 Å². The van der Waals surface area contributed by atoms with Gasteiger partial charge in [0.1, 0.15) is 17.4 Å². The van der Waals surface area contributed by atoms with Crippen LogP contribution in [0.5, 0.6) is 5.75 Å². The third kappa shape index (κ3) is 5.37. The van der Waals surface area contributed by atoms with Crippen molar-refractivity contribution in [1.29, 1.82) is 0 Å². The first kappa shape index (κ1) is 19.9. The third-order valence-electron chi connectivity index (χ3n) is 4.42. The molecule has 1 saturated carbocycles. The summed E-state index contributed by atoms with van der Waals surface area (Å²) in [6.45, 7) is 0.198. The van der Waals surface area contributed by atoms with Gasteiger partial charge in [0.15, 0.2) is 0 Å². The van der Waals surface area contributed by atoms with Crippen LogP contribution in [0.3, 0.4) is 0 Å². The lowest BCUT2D eigenvalue weighted by molar-refractivity contribution is -0.274. The molecule has 0 radical (unpaired) electrons. The van der Waals surface area contributed by atoms with Crippen molar-refractivity contribution in [3.63, 3.8) is 0 Å². The lowest BCUT2D eigenvalue weighted by Crippen LogP contribution is -2.17. The minimum atomic E-state index is -4.78. The highest BCUT2D eigenvalue weighted by Crippen LogP contribution is 2.30. The van der Waals surface area contributed by atoms with Gasteiger partial charge in [-0.15, -0.1) is 13.2 Å². The Hall–Kier alpha value is -3.36. The minimum absolute atomic E-state index is 0.198. The van der Waals surface area contributed by atoms with Crippen LogP contribution in [-0.2, 0) is 6.54 Å². The van der Waals surface area contributed by atoms with Crippen molar-refractivity contribution in [1.82, 2.24) is 9.97 Å². The van der Waals surface area contributed by atoms with E-state index in [4.69, 9.17) is 0 Å². The van der Waals surface area contributed by atoms with Gasteiger partial charge in [-0.1, -0.05) is 30.3 Å². The molecule has 1 heterocycles. The molecular formula is C21H18F4N4O. The molecule has 3 aromatic rings. The number of rotatable bonds is 7. The summed E-state index contributed by atoms with van der Waals surface area (Å²) < 4.78 is 55.5. The maximum absolute atomic E-state index is 13.9. The van der Waals surface area contributed by atoms with E-state index in [1.165, 1.54) is 24.3 Å². The number of hydrogen-bond donors (Lipinski definition) is 2. The van der Waals surface area contributed by atoms with Crippen LogP contribution in [0.15, 0.2) is 54.6 Å². The zero-order valence-electron chi connectivity index (χ0n) is 15.7. The number of hydrogen-bond acceptors (Lipinski definition) is 5. The molecule has 0 aliphatic heterocycles. The Kier molecular flexibility index (Phi) is 5.43. The van der Waals surface area contributed by atoms with Crippen molar-refractivity contribution >= 4 is 11.8 Å². The molecule has 0 spiro atoms. The highest BCUT2D eigenvalue weighted by molar-refractivity contribution is 5.66. The lowest BCUT2D eigenvalue weighted by atomic mass is 10.1. The van der Waals surface area contributed by atoms with Crippen LogP contribution in [0.1, 0.15) is 18.4 Å². The summed E-state index contributed by atoms with van der Waals surface area (Å²) in [5, 5.41) is 6.24. The van der Waals surface area contributed by atoms with Crippen molar-refractivity contribution in [2.45, 2.75) is 31.8 Å². The van der Waals surface area contributed by atoms with E-state index in [1.54, 1.807) is 30.3 Å². The maximum Gasteiger partial charge on any atom is 0.573 e. The first-order chi connectivity index (χ1) is 14.4. The van der Waals surface area contributed by atoms with Gasteiger partial charge in [0, 0.05) is 29.8 Å². The first-order valence-electron chi connectivity index (χ1n) is 9.35. The normalized spacial score (nSPS) is 13.7. The van der Waals surface area contributed by atoms with E-state index in [-0.39, 0.29) is 24.2 Å². The van der Waals surface area contributed by atoms with E-state index >= 15 is 0 Å². The van der Waals surface area contributed by atoms with Crippen molar-refractivity contribution in [2.75, 3.05) is 10.6 Å². The number of aromatic nitrogens is 2. The summed E-state index contributed by atoms with van der Waals surface area (Å²) >= 11 is 0. The molecule has 0 unspecified atom stereocenters. The number of nitrogens with one attached hydrogen (secondary N) is 2. The zero-order valence-corrected chi connectivity index (χ0v) is 15.7. The van der Waals surface area contributed by atoms with Gasteiger partial charge < -0.3 is 15.4 Å². The number of benzene rings is 2. The molecule has 4 rings (SSSR count). The van der Waals surface area contributed by atoms with Crippen molar-refractivity contribution in [3.8, 4) is 17.0 Å². The predicted octanol–water partition coefficient (Wildman–Crippen LogP) is 5.37. The third-order valence-corrected chi connectivity index (χ3v) is 4.42. The molecule has 0 amide bonds. The Labute approximate surface area is 170 Å². The Bertz CT molecular complexity index is 1040. The Morgan fingerprint density at radius 3 is 2.53 bits per heavy atom. The number of ether oxygens (including phenoxy) is 1. The molecule has 9 heteroatoms. The summed E-state index contributed by atoms with van der Waals surface area (Å²) in [6.07, 6.45) is -2.78. The van der Waals surface area contributed by atoms with E-state index < -0.39 is 6.36 Å². The Morgan fingerprint density at radius 1 is 1.00 bits per heavy atom. The first-order valence-corrected chi connectivity index (χ1v) is 9.35. The molecule has 1 aliphatic carbocycles. The second kappa shape index (κ2) is 8.17. The van der Waals surface area contributed by atoms with E-state index in [0.717, 1.165) is 12.8 Å². The molecule has 1 fully saturated rings. The van der Waals surface area contributed by atoms with Crippen LogP contribution in [0.4, 0.5) is 29.3 Å². The van der Waals surface area contributed by atoms with Crippen LogP contribution in [0, 0.1) is 5.82 Å². The number of anilines is 2. The van der Waals surface area contributed by atoms with E-state index in [9.17, 15) is 17.6 Å². The van der Waals surface area contributed by atoms with Crippen LogP contribution in [0.25, 0.3) is 11.3 Å². The van der Waals surface area contributed by atoms with Gasteiger partial charge in [-0.25, -0.2) is 9.37 Å². The molecule has 156 valence electrons. The van der Waals surface area contributed by atoms with Crippen LogP contribution in [-0.4, -0.2) is 22.4 Å². The smallest absolute Gasteiger partial charge is 0.406 e. The number of halogens is 4. The summed E-state index contributed by atoms with van der Waals surface area (Å²) in [7, 11) is 0. The van der Waals surface area contributed by atoms with Crippen molar-refractivity contribution < 1.29 is 22.3 Å². The summed E-state index contributed by atoms with van der Waals surface area (Å²) in [5.74, 6) is 0.102. The van der Waals surface area contributed by atoms with Crippen LogP contribution in [0.2, 0.25) is 0 Å². The fourth-order valence-corrected chi connectivity index (χ4v) is 2.84. The SMILES string of the molecule is Fc1ccccc1CNc1cc(-c2cccc(OC(F)(F)F)c2)nc(NC2CC2)n1. The summed E-state index contributed by atoms with van der Waals surface area (Å²) in [4.78, 5) is 8.82. The highest BCUT2D eigenvalue weighted by Gasteiger charge is 2.31. The molecular weight excluding hydrogens is 400 g/mol. The molecule has 0 atom stereocenters. The van der Waals surface area contributed by atoms with Gasteiger partial charge in [0.2, 0.25) is 5.95 Å². The number of alkyl halides is 3. The molecule has 0 saturated heterocycles. The van der Waals surface area contributed by atoms with E-state index in [2.05, 4.69) is 25.3 Å². The van der Waals surface area contributed by atoms with Crippen molar-refractivity contribution in [2.24, 2.45) is 0 Å². The monoisotopic (exact) mass is 418 g/mol. The summed E-state index contributed by atoms with van der Waals surface area (Å²) in [6, 6.07) is 13.8. The average molecular weight is 418 g/mol. The van der Waals surface area contributed by atoms with Gasteiger partial charge in [0.25, 0.3) is 0 Å². The fraction of sp³-hybridized carbons (Fsp3) is 0.238. The van der Waals surface area contributed by atoms with Gasteiger partial charge in [-0.3, -0.25) is 0 Å². The van der Waals surface area contributed by atoms with Gasteiger partial charge >= 0.3 is 6.36 Å². The predicted molar refractivity (Wildman–Crippen MR) is 105 cm³/mol.